The number of amides is 2. The smallest absolute Gasteiger partial charge is 0.410 e. The van der Waals surface area contributed by atoms with Gasteiger partial charge in [0.25, 0.3) is 0 Å². The maximum Gasteiger partial charge on any atom is 0.410 e. The molecule has 0 aromatic rings. The summed E-state index contributed by atoms with van der Waals surface area (Å²) in [4.78, 5) is 39.0. The Bertz CT molecular complexity index is 493. The molecule has 0 radical (unpaired) electrons. The summed E-state index contributed by atoms with van der Waals surface area (Å²) in [7, 11) is 0. The molecule has 2 fully saturated rings. The van der Waals surface area contributed by atoms with Crippen LogP contribution in [0.25, 0.3) is 0 Å². The van der Waals surface area contributed by atoms with Gasteiger partial charge in [-0.25, -0.2) is 9.59 Å². The molecule has 1 N–H and O–H groups in total. The van der Waals surface area contributed by atoms with Gasteiger partial charge in [-0.05, 0) is 33.6 Å². The average molecular weight is 342 g/mol. The molecule has 8 heteroatoms. The molecule has 1 unspecified atom stereocenters. The zero-order valence-electron chi connectivity index (χ0n) is 14.5. The van der Waals surface area contributed by atoms with Gasteiger partial charge >= 0.3 is 12.1 Å². The number of piperidine rings is 1. The van der Waals surface area contributed by atoms with Gasteiger partial charge in [-0.1, -0.05) is 0 Å². The zero-order valence-corrected chi connectivity index (χ0v) is 14.5. The van der Waals surface area contributed by atoms with E-state index in [0.29, 0.717) is 39.1 Å². The van der Waals surface area contributed by atoms with Crippen LogP contribution in [0.4, 0.5) is 4.79 Å². The van der Waals surface area contributed by atoms with Crippen molar-refractivity contribution >= 4 is 18.0 Å². The van der Waals surface area contributed by atoms with Gasteiger partial charge in [0, 0.05) is 25.6 Å². The fourth-order valence-corrected chi connectivity index (χ4v) is 2.94. The summed E-state index contributed by atoms with van der Waals surface area (Å²) in [5.41, 5.74) is -0.549. The number of rotatable bonds is 2. The second-order valence-corrected chi connectivity index (χ2v) is 7.20. The maximum atomic E-state index is 12.6. The van der Waals surface area contributed by atoms with Gasteiger partial charge in [0.05, 0.1) is 13.2 Å². The minimum absolute atomic E-state index is 0.0256. The molecule has 1 atom stereocenters. The number of aliphatic carboxylic acids is 1. The van der Waals surface area contributed by atoms with Crippen molar-refractivity contribution in [1.29, 1.82) is 0 Å². The van der Waals surface area contributed by atoms with Crippen LogP contribution in [0.2, 0.25) is 0 Å². The summed E-state index contributed by atoms with van der Waals surface area (Å²) in [6.45, 7) is 6.98. The van der Waals surface area contributed by atoms with E-state index in [-0.39, 0.29) is 24.5 Å². The molecule has 0 spiro atoms. The van der Waals surface area contributed by atoms with E-state index in [1.165, 1.54) is 4.90 Å². The van der Waals surface area contributed by atoms with E-state index < -0.39 is 17.6 Å². The highest BCUT2D eigenvalue weighted by Gasteiger charge is 2.38. The van der Waals surface area contributed by atoms with Crippen LogP contribution in [0.1, 0.15) is 33.6 Å². The van der Waals surface area contributed by atoms with Crippen LogP contribution in [0, 0.1) is 5.92 Å². The second kappa shape index (κ2) is 7.38. The number of ether oxygens (including phenoxy) is 2. The normalized spacial score (nSPS) is 23.0. The molecule has 24 heavy (non-hydrogen) atoms. The van der Waals surface area contributed by atoms with Gasteiger partial charge in [-0.15, -0.1) is 0 Å². The van der Waals surface area contributed by atoms with Gasteiger partial charge < -0.3 is 24.4 Å². The molecule has 2 aliphatic heterocycles. The first-order valence-corrected chi connectivity index (χ1v) is 8.28. The fourth-order valence-electron chi connectivity index (χ4n) is 2.94. The number of carbonyl (C=O) groups excluding carboxylic acids is 2. The molecule has 0 bridgehead atoms. The van der Waals surface area contributed by atoms with Crippen molar-refractivity contribution in [1.82, 2.24) is 9.80 Å². The van der Waals surface area contributed by atoms with Gasteiger partial charge in [0.1, 0.15) is 5.60 Å². The lowest BCUT2D eigenvalue weighted by atomic mass is 9.94. The second-order valence-electron chi connectivity index (χ2n) is 7.20. The van der Waals surface area contributed by atoms with Crippen LogP contribution >= 0.6 is 0 Å². The minimum atomic E-state index is -1.05. The Morgan fingerprint density at radius 1 is 1.12 bits per heavy atom. The Balaban J connectivity index is 1.90. The molecule has 2 heterocycles. The zero-order chi connectivity index (χ0) is 17.9. The van der Waals surface area contributed by atoms with Crippen molar-refractivity contribution in [3.8, 4) is 0 Å². The summed E-state index contributed by atoms with van der Waals surface area (Å²) < 4.78 is 10.5. The summed E-state index contributed by atoms with van der Waals surface area (Å²) in [5.74, 6) is -1.47. The van der Waals surface area contributed by atoms with Gasteiger partial charge in [0.15, 0.2) is 6.04 Å². The van der Waals surface area contributed by atoms with Crippen molar-refractivity contribution < 1.29 is 29.0 Å². The summed E-state index contributed by atoms with van der Waals surface area (Å²) in [6, 6.07) is -0.921. The topological polar surface area (TPSA) is 96.4 Å². The lowest BCUT2D eigenvalue weighted by Crippen LogP contribution is -2.55. The number of carboxylic acids is 1. The summed E-state index contributed by atoms with van der Waals surface area (Å²) >= 11 is 0. The van der Waals surface area contributed by atoms with Crippen molar-refractivity contribution in [3.63, 3.8) is 0 Å². The van der Waals surface area contributed by atoms with Crippen molar-refractivity contribution in [2.45, 2.75) is 45.3 Å². The highest BCUT2D eigenvalue weighted by atomic mass is 16.6. The van der Waals surface area contributed by atoms with Crippen LogP contribution in [0.15, 0.2) is 0 Å². The lowest BCUT2D eigenvalue weighted by Gasteiger charge is -2.38. The predicted molar refractivity (Wildman–Crippen MR) is 84.5 cm³/mol. The fraction of sp³-hybridized carbons (Fsp3) is 0.812. The Hall–Kier alpha value is -1.83. The summed E-state index contributed by atoms with van der Waals surface area (Å²) in [6.07, 6.45) is 0.659. The molecule has 136 valence electrons. The molecule has 2 rings (SSSR count). The van der Waals surface area contributed by atoms with Crippen molar-refractivity contribution in [2.24, 2.45) is 5.92 Å². The van der Waals surface area contributed by atoms with E-state index in [1.54, 1.807) is 4.90 Å². The van der Waals surface area contributed by atoms with Gasteiger partial charge in [0.2, 0.25) is 5.91 Å². The highest BCUT2D eigenvalue weighted by Crippen LogP contribution is 2.23. The Labute approximate surface area is 141 Å². The van der Waals surface area contributed by atoms with E-state index in [4.69, 9.17) is 9.47 Å². The minimum Gasteiger partial charge on any atom is -0.480 e. The molecular formula is C16H26N2O6. The van der Waals surface area contributed by atoms with Crippen LogP contribution < -0.4 is 0 Å². The molecule has 0 aliphatic carbocycles. The number of hydrogen-bond donors (Lipinski definition) is 1. The third-order valence-electron chi connectivity index (χ3n) is 4.19. The summed E-state index contributed by atoms with van der Waals surface area (Å²) in [5, 5.41) is 9.24. The van der Waals surface area contributed by atoms with Gasteiger partial charge in [-0.2, -0.15) is 0 Å². The highest BCUT2D eigenvalue weighted by molar-refractivity contribution is 5.85. The molecule has 0 saturated carbocycles. The number of carbonyl (C=O) groups is 3. The number of carboxylic acid groups (broad SMARTS) is 1. The van der Waals surface area contributed by atoms with Crippen LogP contribution in [-0.4, -0.2) is 77.4 Å². The third-order valence-corrected chi connectivity index (χ3v) is 4.19. The standard InChI is InChI=1S/C16H26N2O6/c1-16(2,3)24-15(22)17-6-4-11(5-7-17)13(19)18-8-9-23-10-12(18)14(20)21/h11-12H,4-10H2,1-3H3,(H,20,21). The quantitative estimate of drug-likeness (QED) is 0.802. The lowest BCUT2D eigenvalue weighted by molar-refractivity contribution is -0.161. The molecule has 0 aromatic heterocycles. The number of nitrogens with zero attached hydrogens (tertiary/aromatic N) is 2. The molecule has 2 saturated heterocycles. The molecule has 0 aromatic carbocycles. The molecule has 2 amide bonds. The molecular weight excluding hydrogens is 316 g/mol. The predicted octanol–water partition coefficient (Wildman–Crippen LogP) is 0.946. The first-order valence-electron chi connectivity index (χ1n) is 8.28. The van der Waals surface area contributed by atoms with E-state index in [9.17, 15) is 19.5 Å². The first-order chi connectivity index (χ1) is 11.2. The van der Waals surface area contributed by atoms with Crippen molar-refractivity contribution in [3.05, 3.63) is 0 Å². The molecule has 2 aliphatic rings. The average Bonchev–Trinajstić information content (AvgIpc) is 2.52. The van der Waals surface area contributed by atoms with Crippen LogP contribution in [0.3, 0.4) is 0 Å². The third kappa shape index (κ3) is 4.59. The first kappa shape index (κ1) is 18.5. The number of likely N-dealkylation sites (tertiary alicyclic amines) is 1. The maximum absolute atomic E-state index is 12.6. The molecule has 8 nitrogen and oxygen atoms in total. The van der Waals surface area contributed by atoms with Crippen LogP contribution in [-0.2, 0) is 19.1 Å². The SMILES string of the molecule is CC(C)(C)OC(=O)N1CCC(C(=O)N2CCOCC2C(=O)O)CC1. The van der Waals surface area contributed by atoms with E-state index in [0.717, 1.165) is 0 Å². The Morgan fingerprint density at radius 2 is 1.75 bits per heavy atom. The van der Waals surface area contributed by atoms with Crippen molar-refractivity contribution in [2.75, 3.05) is 32.8 Å². The largest absolute Gasteiger partial charge is 0.480 e. The van der Waals surface area contributed by atoms with Gasteiger partial charge in [-0.3, -0.25) is 4.79 Å². The van der Waals surface area contributed by atoms with E-state index in [2.05, 4.69) is 0 Å². The van der Waals surface area contributed by atoms with E-state index in [1.807, 2.05) is 20.8 Å². The Kier molecular flexibility index (Phi) is 5.69. The monoisotopic (exact) mass is 342 g/mol. The van der Waals surface area contributed by atoms with E-state index >= 15 is 0 Å². The van der Waals surface area contributed by atoms with Crippen LogP contribution in [0.5, 0.6) is 0 Å². The Morgan fingerprint density at radius 3 is 2.29 bits per heavy atom. The number of hydrogen-bond acceptors (Lipinski definition) is 5. The number of morpholine rings is 1.